The molecule has 2 aromatic heterocycles. The molecule has 0 aliphatic carbocycles. The lowest BCUT2D eigenvalue weighted by atomic mass is 10.2. The normalized spacial score (nSPS) is 11.7. The molecule has 0 radical (unpaired) electrons. The second kappa shape index (κ2) is 8.53. The lowest BCUT2D eigenvalue weighted by Crippen LogP contribution is -2.23. The van der Waals surface area contributed by atoms with Gasteiger partial charge in [-0.25, -0.2) is 17.4 Å². The molecule has 3 rings (SSSR count). The number of aromatic nitrogens is 3. The largest absolute Gasteiger partial charge is 0.335 e. The van der Waals surface area contributed by atoms with E-state index < -0.39 is 10.0 Å². The SMILES string of the molecule is Cc1ccc(NC(=O)CSc2nnc(-c3cccs3)n2N)cc1S(=O)(=O)N(C)C. The van der Waals surface area contributed by atoms with Gasteiger partial charge in [0.05, 0.1) is 15.5 Å². The summed E-state index contributed by atoms with van der Waals surface area (Å²) in [6, 6.07) is 8.54. The standard InChI is InChI=1S/C17H20N6O3S3/c1-11-6-7-12(9-14(11)29(25,26)22(2)3)19-15(24)10-28-17-21-20-16(23(17)18)13-5-4-8-27-13/h4-9H,10,18H2,1-3H3,(H,19,24). The van der Waals surface area contributed by atoms with Crippen molar-refractivity contribution in [2.45, 2.75) is 17.0 Å². The van der Waals surface area contributed by atoms with Crippen molar-refractivity contribution in [3.05, 3.63) is 41.3 Å². The van der Waals surface area contributed by atoms with E-state index in [1.54, 1.807) is 19.1 Å². The highest BCUT2D eigenvalue weighted by Crippen LogP contribution is 2.26. The number of anilines is 1. The van der Waals surface area contributed by atoms with Gasteiger partial charge in [0.15, 0.2) is 5.82 Å². The fourth-order valence-corrected chi connectivity index (χ4v) is 4.94. The van der Waals surface area contributed by atoms with Gasteiger partial charge in [-0.15, -0.1) is 21.5 Å². The van der Waals surface area contributed by atoms with Crippen molar-refractivity contribution in [3.63, 3.8) is 0 Å². The molecular weight excluding hydrogens is 432 g/mol. The topological polar surface area (TPSA) is 123 Å². The van der Waals surface area contributed by atoms with Crippen molar-refractivity contribution in [1.82, 2.24) is 19.2 Å². The fraction of sp³-hybridized carbons (Fsp3) is 0.235. The second-order valence-corrected chi connectivity index (χ2v) is 10.3. The first-order chi connectivity index (χ1) is 13.7. The average molecular weight is 453 g/mol. The first-order valence-electron chi connectivity index (χ1n) is 8.40. The fourth-order valence-electron chi connectivity index (χ4n) is 2.43. The number of thioether (sulfide) groups is 1. The third-order valence-electron chi connectivity index (χ3n) is 3.97. The molecule has 9 nitrogen and oxygen atoms in total. The van der Waals surface area contributed by atoms with Gasteiger partial charge in [0.25, 0.3) is 0 Å². The Morgan fingerprint density at radius 1 is 1.31 bits per heavy atom. The second-order valence-electron chi connectivity index (χ2n) is 6.26. The molecular formula is C17H20N6O3S3. The quantitative estimate of drug-likeness (QED) is 0.415. The Balaban J connectivity index is 1.68. The molecule has 0 bridgehead atoms. The lowest BCUT2D eigenvalue weighted by molar-refractivity contribution is -0.113. The van der Waals surface area contributed by atoms with Crippen LogP contribution in [0.3, 0.4) is 0 Å². The Morgan fingerprint density at radius 2 is 2.07 bits per heavy atom. The maximum atomic E-state index is 12.4. The molecule has 0 saturated heterocycles. The maximum absolute atomic E-state index is 12.4. The van der Waals surface area contributed by atoms with E-state index in [4.69, 9.17) is 5.84 Å². The Kier molecular flexibility index (Phi) is 6.27. The molecule has 0 spiro atoms. The number of sulfonamides is 1. The van der Waals surface area contributed by atoms with Gasteiger partial charge in [0.2, 0.25) is 21.1 Å². The van der Waals surface area contributed by atoms with Crippen molar-refractivity contribution >= 4 is 44.7 Å². The van der Waals surface area contributed by atoms with E-state index >= 15 is 0 Å². The number of aryl methyl sites for hydroxylation is 1. The van der Waals surface area contributed by atoms with Gasteiger partial charge in [-0.05, 0) is 36.1 Å². The molecule has 154 valence electrons. The third kappa shape index (κ3) is 4.61. The molecule has 2 heterocycles. The smallest absolute Gasteiger partial charge is 0.242 e. The summed E-state index contributed by atoms with van der Waals surface area (Å²) in [7, 11) is -0.681. The predicted molar refractivity (Wildman–Crippen MR) is 115 cm³/mol. The van der Waals surface area contributed by atoms with Crippen LogP contribution < -0.4 is 11.2 Å². The Bertz CT molecular complexity index is 1120. The molecule has 0 aliphatic heterocycles. The number of thiophene rings is 1. The minimum atomic E-state index is -3.61. The Hall–Kier alpha value is -2.41. The van der Waals surface area contributed by atoms with Crippen molar-refractivity contribution < 1.29 is 13.2 Å². The summed E-state index contributed by atoms with van der Waals surface area (Å²) in [5.74, 6) is 6.28. The van der Waals surface area contributed by atoms with Crippen LogP contribution in [0.4, 0.5) is 5.69 Å². The van der Waals surface area contributed by atoms with E-state index in [2.05, 4.69) is 15.5 Å². The number of carbonyl (C=O) groups excluding carboxylic acids is 1. The summed E-state index contributed by atoms with van der Waals surface area (Å²) < 4.78 is 27.3. The van der Waals surface area contributed by atoms with E-state index in [-0.39, 0.29) is 16.6 Å². The summed E-state index contributed by atoms with van der Waals surface area (Å²) in [5.41, 5.74) is 0.999. The van der Waals surface area contributed by atoms with Crippen LogP contribution in [0.2, 0.25) is 0 Å². The summed E-state index contributed by atoms with van der Waals surface area (Å²) in [4.78, 5) is 13.4. The summed E-state index contributed by atoms with van der Waals surface area (Å²) in [5, 5.41) is 13.1. The molecule has 0 fully saturated rings. The molecule has 3 N–H and O–H groups in total. The summed E-state index contributed by atoms with van der Waals surface area (Å²) in [6.07, 6.45) is 0. The van der Waals surface area contributed by atoms with E-state index in [1.165, 1.54) is 36.2 Å². The highest BCUT2D eigenvalue weighted by atomic mass is 32.2. The van der Waals surface area contributed by atoms with Gasteiger partial charge in [0.1, 0.15) is 0 Å². The van der Waals surface area contributed by atoms with Crippen LogP contribution in [0.1, 0.15) is 5.56 Å². The van der Waals surface area contributed by atoms with Gasteiger partial charge in [-0.3, -0.25) is 4.79 Å². The molecule has 0 atom stereocenters. The zero-order valence-electron chi connectivity index (χ0n) is 16.0. The number of rotatable bonds is 7. The van der Waals surface area contributed by atoms with E-state index in [1.807, 2.05) is 17.5 Å². The van der Waals surface area contributed by atoms with Crippen LogP contribution in [0.15, 0.2) is 45.8 Å². The van der Waals surface area contributed by atoms with Crippen LogP contribution in [0, 0.1) is 6.92 Å². The number of benzene rings is 1. The molecule has 29 heavy (non-hydrogen) atoms. The van der Waals surface area contributed by atoms with Crippen molar-refractivity contribution in [1.29, 1.82) is 0 Å². The average Bonchev–Trinajstić information content (AvgIpc) is 3.31. The number of amides is 1. The zero-order chi connectivity index (χ0) is 21.2. The highest BCUT2D eigenvalue weighted by molar-refractivity contribution is 7.99. The molecule has 0 aliphatic rings. The first-order valence-corrected chi connectivity index (χ1v) is 11.7. The van der Waals surface area contributed by atoms with Crippen LogP contribution in [0.25, 0.3) is 10.7 Å². The number of hydrogen-bond acceptors (Lipinski definition) is 8. The van der Waals surface area contributed by atoms with Crippen LogP contribution in [-0.4, -0.2) is 53.4 Å². The molecule has 12 heteroatoms. The minimum absolute atomic E-state index is 0.0451. The number of nitrogens with two attached hydrogens (primary N) is 1. The van der Waals surface area contributed by atoms with Crippen molar-refractivity contribution in [2.24, 2.45) is 0 Å². The zero-order valence-corrected chi connectivity index (χ0v) is 18.4. The molecule has 0 saturated carbocycles. The van der Waals surface area contributed by atoms with E-state index in [0.29, 0.717) is 22.2 Å². The van der Waals surface area contributed by atoms with Gasteiger partial charge in [-0.1, -0.05) is 23.9 Å². The van der Waals surface area contributed by atoms with Crippen molar-refractivity contribution in [3.8, 4) is 10.7 Å². The third-order valence-corrected chi connectivity index (χ3v) is 7.73. The van der Waals surface area contributed by atoms with Crippen LogP contribution in [0.5, 0.6) is 0 Å². The predicted octanol–water partition coefficient (Wildman–Crippen LogP) is 2.01. The van der Waals surface area contributed by atoms with Gasteiger partial charge in [0, 0.05) is 19.8 Å². The monoisotopic (exact) mass is 452 g/mol. The van der Waals surface area contributed by atoms with Crippen molar-refractivity contribution in [2.75, 3.05) is 31.0 Å². The number of nitrogen functional groups attached to an aromatic ring is 1. The lowest BCUT2D eigenvalue weighted by Gasteiger charge is -2.15. The van der Waals surface area contributed by atoms with Crippen LogP contribution in [-0.2, 0) is 14.8 Å². The first kappa shape index (κ1) is 21.3. The summed E-state index contributed by atoms with van der Waals surface area (Å²) >= 11 is 2.63. The number of carbonyl (C=O) groups is 1. The van der Waals surface area contributed by atoms with Gasteiger partial charge in [-0.2, -0.15) is 0 Å². The number of nitrogens with zero attached hydrogens (tertiary/aromatic N) is 4. The minimum Gasteiger partial charge on any atom is -0.335 e. The molecule has 1 aromatic carbocycles. The van der Waals surface area contributed by atoms with Gasteiger partial charge >= 0.3 is 0 Å². The van der Waals surface area contributed by atoms with E-state index in [0.717, 1.165) is 20.9 Å². The van der Waals surface area contributed by atoms with Gasteiger partial charge < -0.3 is 11.2 Å². The Morgan fingerprint density at radius 3 is 2.72 bits per heavy atom. The molecule has 0 unspecified atom stereocenters. The maximum Gasteiger partial charge on any atom is 0.242 e. The molecule has 1 amide bonds. The van der Waals surface area contributed by atoms with E-state index in [9.17, 15) is 13.2 Å². The molecule has 3 aromatic rings. The number of nitrogens with one attached hydrogen (secondary N) is 1. The summed E-state index contributed by atoms with van der Waals surface area (Å²) in [6.45, 7) is 1.71. The highest BCUT2D eigenvalue weighted by Gasteiger charge is 2.20. The van der Waals surface area contributed by atoms with Crippen LogP contribution >= 0.6 is 23.1 Å². The number of hydrogen-bond donors (Lipinski definition) is 2. The Labute approximate surface area is 177 Å².